The van der Waals surface area contributed by atoms with Gasteiger partial charge in [0.2, 0.25) is 0 Å². The average Bonchev–Trinajstić information content (AvgIpc) is 2.92. The molecule has 2 heterocycles. The topological polar surface area (TPSA) is 48.9 Å². The summed E-state index contributed by atoms with van der Waals surface area (Å²) in [5, 5.41) is 1.79. The monoisotopic (exact) mass is 470 g/mol. The summed E-state index contributed by atoms with van der Waals surface area (Å²) in [5.41, 5.74) is 2.23. The van der Waals surface area contributed by atoms with Crippen LogP contribution in [0.1, 0.15) is 10.4 Å². The van der Waals surface area contributed by atoms with Gasteiger partial charge < -0.3 is 19.4 Å². The highest BCUT2D eigenvalue weighted by Gasteiger charge is 2.24. The van der Waals surface area contributed by atoms with Gasteiger partial charge in [-0.15, -0.1) is 0 Å². The number of fused-ring (bicyclic) bond motifs is 1. The molecule has 0 saturated carbocycles. The van der Waals surface area contributed by atoms with E-state index in [1.165, 1.54) is 17.0 Å². The van der Waals surface area contributed by atoms with Gasteiger partial charge in [-0.1, -0.05) is 36.4 Å². The second-order valence-electron chi connectivity index (χ2n) is 8.53. The number of aromatic nitrogens is 1. The van der Waals surface area contributed by atoms with Gasteiger partial charge in [-0.2, -0.15) is 0 Å². The maximum Gasteiger partial charge on any atom is 0.260 e. The lowest BCUT2D eigenvalue weighted by molar-refractivity contribution is 0.0994. The zero-order chi connectivity index (χ0) is 24.4. The van der Waals surface area contributed by atoms with Crippen molar-refractivity contribution >= 4 is 33.9 Å². The Labute approximate surface area is 204 Å². The van der Waals surface area contributed by atoms with E-state index in [4.69, 9.17) is 9.72 Å². The largest absolute Gasteiger partial charge is 0.495 e. The zero-order valence-corrected chi connectivity index (χ0v) is 19.8. The number of pyridine rings is 1. The third-order valence-corrected chi connectivity index (χ3v) is 6.53. The lowest BCUT2D eigenvalue weighted by atomic mass is 10.0. The van der Waals surface area contributed by atoms with Crippen LogP contribution in [0.5, 0.6) is 5.75 Å². The Kier molecular flexibility index (Phi) is 6.23. The van der Waals surface area contributed by atoms with E-state index in [0.717, 1.165) is 54.2 Å². The Bertz CT molecular complexity index is 1350. The molecule has 35 heavy (non-hydrogen) atoms. The lowest BCUT2D eigenvalue weighted by Gasteiger charge is -2.37. The fourth-order valence-corrected chi connectivity index (χ4v) is 4.61. The normalized spacial score (nSPS) is 13.7. The van der Waals surface area contributed by atoms with Crippen LogP contribution in [0.4, 0.5) is 21.6 Å². The Hall–Kier alpha value is -4.13. The van der Waals surface area contributed by atoms with E-state index < -0.39 is 0 Å². The number of halogens is 1. The molecule has 1 aromatic heterocycles. The van der Waals surface area contributed by atoms with E-state index in [0.29, 0.717) is 11.3 Å². The SMILES string of the molecule is COc1ccccc1N1CCN(c2ncc(C(=O)N(C)c3ccc(F)cc3)c3ccccc23)CC1. The number of hydrogen-bond donors (Lipinski definition) is 0. The van der Waals surface area contributed by atoms with Gasteiger partial charge in [0, 0.05) is 50.5 Å². The summed E-state index contributed by atoms with van der Waals surface area (Å²) in [6, 6.07) is 21.8. The number of methoxy groups -OCH3 is 1. The molecular weight excluding hydrogens is 443 g/mol. The van der Waals surface area contributed by atoms with Crippen LogP contribution in [0.3, 0.4) is 0 Å². The van der Waals surface area contributed by atoms with E-state index in [-0.39, 0.29) is 11.7 Å². The maximum absolute atomic E-state index is 13.4. The van der Waals surface area contributed by atoms with Crippen molar-refractivity contribution in [1.29, 1.82) is 0 Å². The summed E-state index contributed by atoms with van der Waals surface area (Å²) in [7, 11) is 3.39. The third-order valence-electron chi connectivity index (χ3n) is 6.53. The number of rotatable bonds is 5. The number of piperazine rings is 1. The number of benzene rings is 3. The number of nitrogens with zero attached hydrogens (tertiary/aromatic N) is 4. The quantitative estimate of drug-likeness (QED) is 0.412. The summed E-state index contributed by atoms with van der Waals surface area (Å²) in [4.78, 5) is 24.2. The molecule has 6 nitrogen and oxygen atoms in total. The molecule has 0 aliphatic carbocycles. The van der Waals surface area contributed by atoms with Gasteiger partial charge in [0.1, 0.15) is 17.4 Å². The molecule has 0 atom stereocenters. The van der Waals surface area contributed by atoms with Crippen LogP contribution < -0.4 is 19.4 Å². The van der Waals surface area contributed by atoms with E-state index in [9.17, 15) is 9.18 Å². The summed E-state index contributed by atoms with van der Waals surface area (Å²) < 4.78 is 18.9. The Morgan fingerprint density at radius 2 is 1.51 bits per heavy atom. The van der Waals surface area contributed by atoms with Crippen molar-refractivity contribution in [3.63, 3.8) is 0 Å². The van der Waals surface area contributed by atoms with Crippen LogP contribution in [0.15, 0.2) is 79.0 Å². The minimum atomic E-state index is -0.336. The molecule has 0 spiro atoms. The van der Waals surface area contributed by atoms with Crippen molar-refractivity contribution in [2.45, 2.75) is 0 Å². The molecule has 0 unspecified atom stereocenters. The fraction of sp³-hybridized carbons (Fsp3) is 0.214. The molecule has 5 rings (SSSR count). The van der Waals surface area contributed by atoms with Gasteiger partial charge in [0.05, 0.1) is 18.4 Å². The number of carbonyl (C=O) groups is 1. The van der Waals surface area contributed by atoms with Crippen molar-refractivity contribution in [3.05, 3.63) is 90.4 Å². The predicted molar refractivity (Wildman–Crippen MR) is 138 cm³/mol. The molecule has 0 radical (unpaired) electrons. The zero-order valence-electron chi connectivity index (χ0n) is 19.8. The van der Waals surface area contributed by atoms with E-state index >= 15 is 0 Å². The van der Waals surface area contributed by atoms with Crippen molar-refractivity contribution in [2.24, 2.45) is 0 Å². The van der Waals surface area contributed by atoms with Gasteiger partial charge in [-0.25, -0.2) is 9.37 Å². The summed E-state index contributed by atoms with van der Waals surface area (Å²) >= 11 is 0. The van der Waals surface area contributed by atoms with Gasteiger partial charge in [0.15, 0.2) is 0 Å². The highest BCUT2D eigenvalue weighted by Crippen LogP contribution is 2.32. The number of anilines is 3. The fourth-order valence-electron chi connectivity index (χ4n) is 4.61. The molecule has 1 amide bonds. The van der Waals surface area contributed by atoms with Crippen LogP contribution in [-0.2, 0) is 0 Å². The molecule has 0 N–H and O–H groups in total. The second kappa shape index (κ2) is 9.62. The first-order chi connectivity index (χ1) is 17.1. The molecule has 4 aromatic rings. The van der Waals surface area contributed by atoms with Crippen molar-refractivity contribution < 1.29 is 13.9 Å². The molecule has 1 aliphatic rings. The molecule has 1 fully saturated rings. The lowest BCUT2D eigenvalue weighted by Crippen LogP contribution is -2.47. The van der Waals surface area contributed by atoms with Crippen LogP contribution >= 0.6 is 0 Å². The summed E-state index contributed by atoms with van der Waals surface area (Å²) in [5.74, 6) is 1.23. The minimum Gasteiger partial charge on any atom is -0.495 e. The number of para-hydroxylation sites is 2. The highest BCUT2D eigenvalue weighted by atomic mass is 19.1. The van der Waals surface area contributed by atoms with Gasteiger partial charge in [-0.05, 0) is 41.8 Å². The smallest absolute Gasteiger partial charge is 0.260 e. The van der Waals surface area contributed by atoms with E-state index in [2.05, 4.69) is 15.9 Å². The Morgan fingerprint density at radius 3 is 2.23 bits per heavy atom. The van der Waals surface area contributed by atoms with E-state index in [1.807, 2.05) is 42.5 Å². The number of hydrogen-bond acceptors (Lipinski definition) is 5. The standard InChI is InChI=1S/C28H27FN4O2/c1-31(21-13-11-20(29)12-14-21)28(34)24-19-30-27(23-8-4-3-7-22(23)24)33-17-15-32(16-18-33)25-9-5-6-10-26(25)35-2/h3-14,19H,15-18H2,1-2H3. The van der Waals surface area contributed by atoms with Crippen LogP contribution in [0, 0.1) is 5.82 Å². The van der Waals surface area contributed by atoms with Crippen LogP contribution in [0.2, 0.25) is 0 Å². The first-order valence-corrected chi connectivity index (χ1v) is 11.6. The van der Waals surface area contributed by atoms with Gasteiger partial charge in [0.25, 0.3) is 5.91 Å². The molecule has 1 saturated heterocycles. The summed E-state index contributed by atoms with van der Waals surface area (Å²) in [6.07, 6.45) is 1.66. The van der Waals surface area contributed by atoms with Crippen molar-refractivity contribution in [2.75, 3.05) is 55.0 Å². The average molecular weight is 471 g/mol. The molecule has 3 aromatic carbocycles. The minimum absolute atomic E-state index is 0.187. The Balaban J connectivity index is 1.40. The third kappa shape index (κ3) is 4.37. The number of ether oxygens (including phenoxy) is 1. The molecule has 7 heteroatoms. The summed E-state index contributed by atoms with van der Waals surface area (Å²) in [6.45, 7) is 3.28. The molecule has 1 aliphatic heterocycles. The maximum atomic E-state index is 13.4. The number of carbonyl (C=O) groups excluding carboxylic acids is 1. The molecular formula is C28H27FN4O2. The van der Waals surface area contributed by atoms with Crippen molar-refractivity contribution in [1.82, 2.24) is 4.98 Å². The highest BCUT2D eigenvalue weighted by molar-refractivity contribution is 6.15. The number of amides is 1. The predicted octanol–water partition coefficient (Wildman–Crippen LogP) is 4.99. The van der Waals surface area contributed by atoms with Gasteiger partial charge in [-0.3, -0.25) is 4.79 Å². The van der Waals surface area contributed by atoms with E-state index in [1.54, 1.807) is 32.5 Å². The first kappa shape index (κ1) is 22.7. The molecule has 0 bridgehead atoms. The molecule has 178 valence electrons. The Morgan fingerprint density at radius 1 is 0.886 bits per heavy atom. The van der Waals surface area contributed by atoms with Gasteiger partial charge >= 0.3 is 0 Å². The second-order valence-corrected chi connectivity index (χ2v) is 8.53. The van der Waals surface area contributed by atoms with Crippen LogP contribution in [-0.4, -0.2) is 51.2 Å². The van der Waals surface area contributed by atoms with Crippen molar-refractivity contribution in [3.8, 4) is 5.75 Å². The van der Waals surface area contributed by atoms with Crippen LogP contribution in [0.25, 0.3) is 10.8 Å². The first-order valence-electron chi connectivity index (χ1n) is 11.6.